The first-order chi connectivity index (χ1) is 12.2. The molecule has 0 atom stereocenters. The fraction of sp³-hybridized carbons (Fsp3) is 0.158. The topological polar surface area (TPSA) is 74.4 Å². The summed E-state index contributed by atoms with van der Waals surface area (Å²) in [5.74, 6) is 0.434. The van der Waals surface area contributed by atoms with Crippen molar-refractivity contribution < 1.29 is 14.3 Å². The van der Waals surface area contributed by atoms with Crippen LogP contribution in [0.15, 0.2) is 53.9 Å². The number of aromatic nitrogens is 1. The third-order valence-corrected chi connectivity index (χ3v) is 4.20. The molecule has 0 spiro atoms. The van der Waals surface area contributed by atoms with Gasteiger partial charge >= 0.3 is 5.97 Å². The Bertz CT molecular complexity index is 859. The van der Waals surface area contributed by atoms with E-state index in [0.29, 0.717) is 23.9 Å². The molecule has 0 saturated carbocycles. The summed E-state index contributed by atoms with van der Waals surface area (Å²) in [6, 6.07) is 14.9. The highest BCUT2D eigenvalue weighted by molar-refractivity contribution is 7.13. The summed E-state index contributed by atoms with van der Waals surface area (Å²) in [5.41, 5.74) is 8.99. The van der Waals surface area contributed by atoms with Crippen LogP contribution in [-0.4, -0.2) is 17.6 Å². The molecule has 0 saturated heterocycles. The molecule has 0 amide bonds. The lowest BCUT2D eigenvalue weighted by atomic mass is 10.1. The smallest absolute Gasteiger partial charge is 0.338 e. The first-order valence-electron chi connectivity index (χ1n) is 7.86. The molecule has 3 aromatic rings. The van der Waals surface area contributed by atoms with Crippen molar-refractivity contribution in [2.45, 2.75) is 13.5 Å². The Hall–Kier alpha value is -2.86. The number of benzene rings is 2. The minimum absolute atomic E-state index is 0.315. The van der Waals surface area contributed by atoms with E-state index in [2.05, 4.69) is 4.98 Å². The highest BCUT2D eigenvalue weighted by atomic mass is 32.1. The Balaban J connectivity index is 1.64. The maximum absolute atomic E-state index is 11.6. The molecule has 0 aliphatic carbocycles. The van der Waals surface area contributed by atoms with Crippen molar-refractivity contribution in [2.75, 3.05) is 12.3 Å². The molecule has 0 fully saturated rings. The minimum Gasteiger partial charge on any atom is -0.489 e. The summed E-state index contributed by atoms with van der Waals surface area (Å²) in [4.78, 5) is 15.9. The van der Waals surface area contributed by atoms with Crippen molar-refractivity contribution in [2.24, 2.45) is 0 Å². The molecule has 1 heterocycles. The largest absolute Gasteiger partial charge is 0.489 e. The molecule has 2 N–H and O–H groups in total. The number of anilines is 1. The molecule has 128 valence electrons. The van der Waals surface area contributed by atoms with Gasteiger partial charge in [-0.2, -0.15) is 0 Å². The third-order valence-electron chi connectivity index (χ3n) is 3.52. The zero-order chi connectivity index (χ0) is 17.6. The minimum atomic E-state index is -0.315. The fourth-order valence-corrected chi connectivity index (χ4v) is 2.86. The molecule has 3 rings (SSSR count). The van der Waals surface area contributed by atoms with Crippen molar-refractivity contribution in [1.82, 2.24) is 4.98 Å². The summed E-state index contributed by atoms with van der Waals surface area (Å²) >= 11 is 1.41. The summed E-state index contributed by atoms with van der Waals surface area (Å²) in [6.07, 6.45) is 0. The molecule has 0 aliphatic rings. The Morgan fingerprint density at radius 1 is 1.20 bits per heavy atom. The van der Waals surface area contributed by atoms with Gasteiger partial charge in [-0.05, 0) is 36.8 Å². The van der Waals surface area contributed by atoms with Crippen molar-refractivity contribution in [3.05, 3.63) is 65.0 Å². The number of ether oxygens (including phenoxy) is 2. The van der Waals surface area contributed by atoms with E-state index in [9.17, 15) is 4.79 Å². The van der Waals surface area contributed by atoms with Crippen LogP contribution in [0.2, 0.25) is 0 Å². The number of carbonyl (C=O) groups is 1. The van der Waals surface area contributed by atoms with Gasteiger partial charge in [0.05, 0.1) is 17.9 Å². The Kier molecular flexibility index (Phi) is 5.30. The quantitative estimate of drug-likeness (QED) is 0.673. The van der Waals surface area contributed by atoms with E-state index < -0.39 is 0 Å². The van der Waals surface area contributed by atoms with Gasteiger partial charge in [0, 0.05) is 10.9 Å². The van der Waals surface area contributed by atoms with Crippen LogP contribution in [0.1, 0.15) is 22.8 Å². The molecule has 0 unspecified atom stereocenters. The van der Waals surface area contributed by atoms with E-state index in [1.807, 2.05) is 41.8 Å². The number of hydrogen-bond donors (Lipinski definition) is 1. The lowest BCUT2D eigenvalue weighted by Crippen LogP contribution is -2.04. The highest BCUT2D eigenvalue weighted by Crippen LogP contribution is 2.26. The van der Waals surface area contributed by atoms with Crippen molar-refractivity contribution in [1.29, 1.82) is 0 Å². The van der Waals surface area contributed by atoms with Gasteiger partial charge in [0.2, 0.25) is 0 Å². The predicted octanol–water partition coefficient (Wildman–Crippen LogP) is 4.15. The maximum atomic E-state index is 11.6. The summed E-state index contributed by atoms with van der Waals surface area (Å²) < 4.78 is 10.8. The molecule has 0 bridgehead atoms. The molecule has 6 heteroatoms. The third kappa shape index (κ3) is 4.36. The number of thiazole rings is 1. The van der Waals surface area contributed by atoms with Gasteiger partial charge in [-0.3, -0.25) is 0 Å². The number of esters is 1. The van der Waals surface area contributed by atoms with Gasteiger partial charge in [-0.25, -0.2) is 9.78 Å². The number of carbonyl (C=O) groups excluding carboxylic acids is 1. The monoisotopic (exact) mass is 354 g/mol. The summed E-state index contributed by atoms with van der Waals surface area (Å²) in [7, 11) is 0. The van der Waals surface area contributed by atoms with Crippen LogP contribution in [0.3, 0.4) is 0 Å². The van der Waals surface area contributed by atoms with Crippen LogP contribution in [0.5, 0.6) is 5.75 Å². The Morgan fingerprint density at radius 3 is 2.68 bits per heavy atom. The molecule has 2 aromatic carbocycles. The normalized spacial score (nSPS) is 10.4. The maximum Gasteiger partial charge on any atom is 0.338 e. The predicted molar refractivity (Wildman–Crippen MR) is 98.7 cm³/mol. The second-order valence-electron chi connectivity index (χ2n) is 5.30. The van der Waals surface area contributed by atoms with Crippen LogP contribution in [0.25, 0.3) is 11.3 Å². The van der Waals surface area contributed by atoms with Gasteiger partial charge in [0.15, 0.2) is 5.13 Å². The summed E-state index contributed by atoms with van der Waals surface area (Å²) in [5, 5.41) is 2.46. The SMILES string of the molecule is CCOC(=O)c1ccc(COc2cccc(-c3csc(N)n3)c2)cc1. The zero-order valence-corrected chi connectivity index (χ0v) is 14.6. The number of rotatable bonds is 6. The molecule has 1 aromatic heterocycles. The summed E-state index contributed by atoms with van der Waals surface area (Å²) in [6.45, 7) is 2.56. The van der Waals surface area contributed by atoms with Crippen LogP contribution >= 0.6 is 11.3 Å². The highest BCUT2D eigenvalue weighted by Gasteiger charge is 2.07. The van der Waals surface area contributed by atoms with Gasteiger partial charge in [0.25, 0.3) is 0 Å². The molecular formula is C19H18N2O3S. The lowest BCUT2D eigenvalue weighted by molar-refractivity contribution is 0.0526. The standard InChI is InChI=1S/C19H18N2O3S/c1-2-23-18(22)14-8-6-13(7-9-14)11-24-16-5-3-4-15(10-16)17-12-25-19(20)21-17/h3-10,12H,2,11H2,1H3,(H2,20,21). The molecule has 5 nitrogen and oxygen atoms in total. The van der Waals surface area contributed by atoms with Crippen LogP contribution in [0.4, 0.5) is 5.13 Å². The second kappa shape index (κ2) is 7.81. The van der Waals surface area contributed by atoms with Crippen LogP contribution in [-0.2, 0) is 11.3 Å². The van der Waals surface area contributed by atoms with E-state index in [0.717, 1.165) is 22.6 Å². The van der Waals surface area contributed by atoms with Crippen LogP contribution < -0.4 is 10.5 Å². The lowest BCUT2D eigenvalue weighted by Gasteiger charge is -2.08. The fourth-order valence-electron chi connectivity index (χ4n) is 2.28. The first-order valence-corrected chi connectivity index (χ1v) is 8.74. The number of nitrogens with zero attached hydrogens (tertiary/aromatic N) is 1. The van der Waals surface area contributed by atoms with Crippen molar-refractivity contribution >= 4 is 22.4 Å². The number of hydrogen-bond acceptors (Lipinski definition) is 6. The number of nitrogens with two attached hydrogens (primary N) is 1. The molecule has 0 radical (unpaired) electrons. The first kappa shape index (κ1) is 17.0. The zero-order valence-electron chi connectivity index (χ0n) is 13.8. The average Bonchev–Trinajstić information content (AvgIpc) is 3.07. The molecule has 0 aliphatic heterocycles. The van der Waals surface area contributed by atoms with E-state index in [1.165, 1.54) is 11.3 Å². The van der Waals surface area contributed by atoms with E-state index in [-0.39, 0.29) is 5.97 Å². The molecular weight excluding hydrogens is 336 g/mol. The van der Waals surface area contributed by atoms with E-state index >= 15 is 0 Å². The van der Waals surface area contributed by atoms with E-state index in [4.69, 9.17) is 15.2 Å². The van der Waals surface area contributed by atoms with Gasteiger partial charge in [0.1, 0.15) is 12.4 Å². The Morgan fingerprint density at radius 2 is 2.00 bits per heavy atom. The van der Waals surface area contributed by atoms with Gasteiger partial charge in [-0.15, -0.1) is 11.3 Å². The van der Waals surface area contributed by atoms with Crippen molar-refractivity contribution in [3.63, 3.8) is 0 Å². The average molecular weight is 354 g/mol. The second-order valence-corrected chi connectivity index (χ2v) is 6.19. The van der Waals surface area contributed by atoms with Crippen LogP contribution in [0, 0.1) is 0 Å². The van der Waals surface area contributed by atoms with Crippen molar-refractivity contribution in [3.8, 4) is 17.0 Å². The number of nitrogen functional groups attached to an aromatic ring is 1. The van der Waals surface area contributed by atoms with E-state index in [1.54, 1.807) is 19.1 Å². The molecule has 25 heavy (non-hydrogen) atoms. The van der Waals surface area contributed by atoms with Gasteiger partial charge in [-0.1, -0.05) is 24.3 Å². The Labute approximate surface area is 150 Å². The van der Waals surface area contributed by atoms with Gasteiger partial charge < -0.3 is 15.2 Å².